The smallest absolute Gasteiger partial charge is 0.405 e. The van der Waals surface area contributed by atoms with Crippen molar-refractivity contribution in [3.63, 3.8) is 0 Å². The van der Waals surface area contributed by atoms with Gasteiger partial charge in [0, 0.05) is 20.2 Å². The molecule has 39 heavy (non-hydrogen) atoms. The van der Waals surface area contributed by atoms with Crippen LogP contribution in [-0.2, 0) is 17.0 Å². The Balaban J connectivity index is 1.64. The number of hydrogen-bond acceptors (Lipinski definition) is 5. The normalized spacial score (nSPS) is 14.8. The van der Waals surface area contributed by atoms with Gasteiger partial charge in [-0.05, 0) is 48.3 Å². The molecule has 1 saturated carbocycles. The number of nitrogens with one attached hydrogen (secondary N) is 1. The number of fused-ring (bicyclic) bond motifs is 1. The summed E-state index contributed by atoms with van der Waals surface area (Å²) in [5, 5.41) is 13.1. The van der Waals surface area contributed by atoms with Crippen LogP contribution in [0.4, 0.5) is 4.79 Å². The molecule has 0 radical (unpaired) electrons. The van der Waals surface area contributed by atoms with Gasteiger partial charge in [0.25, 0.3) is 0 Å². The van der Waals surface area contributed by atoms with E-state index in [1.54, 1.807) is 11.8 Å². The largest absolute Gasteiger partial charge is 0.465 e. The van der Waals surface area contributed by atoms with Crippen molar-refractivity contribution in [2.24, 2.45) is 0 Å². The lowest BCUT2D eigenvalue weighted by Gasteiger charge is -2.42. The van der Waals surface area contributed by atoms with Crippen LogP contribution in [0.3, 0.4) is 0 Å². The van der Waals surface area contributed by atoms with Gasteiger partial charge in [-0.25, -0.2) is 14.8 Å². The zero-order chi connectivity index (χ0) is 27.6. The summed E-state index contributed by atoms with van der Waals surface area (Å²) >= 11 is 1.57. The van der Waals surface area contributed by atoms with Crippen molar-refractivity contribution in [2.45, 2.75) is 62.2 Å². The molecule has 1 aliphatic carbocycles. The van der Waals surface area contributed by atoms with Crippen LogP contribution in [-0.4, -0.2) is 46.7 Å². The van der Waals surface area contributed by atoms with Crippen LogP contribution in [0.1, 0.15) is 24.8 Å². The lowest BCUT2D eigenvalue weighted by molar-refractivity contribution is 0.0909. The molecule has 1 amide bonds. The van der Waals surface area contributed by atoms with Crippen LogP contribution in [0.2, 0.25) is 25.7 Å². The van der Waals surface area contributed by atoms with Crippen molar-refractivity contribution in [2.75, 3.05) is 12.9 Å². The summed E-state index contributed by atoms with van der Waals surface area (Å²) in [6.07, 6.45) is 5.49. The molecule has 2 aromatic heterocycles. The Bertz CT molecular complexity index is 1460. The number of benzene rings is 2. The molecule has 7 nitrogen and oxygen atoms in total. The summed E-state index contributed by atoms with van der Waals surface area (Å²) in [6, 6.07) is 19.7. The third-order valence-electron chi connectivity index (χ3n) is 7.48. The van der Waals surface area contributed by atoms with E-state index in [0.717, 1.165) is 69.4 Å². The van der Waals surface area contributed by atoms with E-state index in [0.29, 0.717) is 13.3 Å². The highest BCUT2D eigenvalue weighted by Crippen LogP contribution is 2.44. The van der Waals surface area contributed by atoms with Gasteiger partial charge in [-0.1, -0.05) is 74.2 Å². The summed E-state index contributed by atoms with van der Waals surface area (Å²) in [5.41, 5.74) is 6.24. The molecule has 204 valence electrons. The van der Waals surface area contributed by atoms with E-state index in [-0.39, 0.29) is 0 Å². The molecule has 0 bridgehead atoms. The Labute approximate surface area is 235 Å². The van der Waals surface area contributed by atoms with E-state index >= 15 is 0 Å². The van der Waals surface area contributed by atoms with Gasteiger partial charge in [0.2, 0.25) is 0 Å². The second-order valence-corrected chi connectivity index (χ2v) is 17.8. The van der Waals surface area contributed by atoms with Crippen LogP contribution < -0.4 is 5.32 Å². The molecule has 0 spiro atoms. The molecule has 1 fully saturated rings. The first-order valence-corrected chi connectivity index (χ1v) is 18.3. The number of ether oxygens (including phenoxy) is 1. The first-order valence-electron chi connectivity index (χ1n) is 13.4. The van der Waals surface area contributed by atoms with Crippen LogP contribution in [0.15, 0.2) is 65.8 Å². The number of thioether (sulfide) groups is 1. The van der Waals surface area contributed by atoms with Crippen molar-refractivity contribution in [1.82, 2.24) is 19.9 Å². The highest BCUT2D eigenvalue weighted by Gasteiger charge is 2.40. The maximum Gasteiger partial charge on any atom is 0.405 e. The Morgan fingerprint density at radius 1 is 1.10 bits per heavy atom. The molecule has 2 heterocycles. The molecule has 1 aliphatic rings. The van der Waals surface area contributed by atoms with E-state index < -0.39 is 19.7 Å². The summed E-state index contributed by atoms with van der Waals surface area (Å²) in [5.74, 6) is 0. The SMILES string of the molecule is CSc1cnc2c(-c3ccccc3)c(-c3ccc(C4(NC(=O)O)CCC4)cc3)n(COCC[Si](C)(C)C)c2n1. The fourth-order valence-corrected chi connectivity index (χ4v) is 6.28. The number of rotatable bonds is 10. The predicted molar refractivity (Wildman–Crippen MR) is 161 cm³/mol. The zero-order valence-electron chi connectivity index (χ0n) is 23.0. The Kier molecular flexibility index (Phi) is 7.84. The maximum absolute atomic E-state index is 11.5. The minimum atomic E-state index is -1.24. The van der Waals surface area contributed by atoms with Crippen molar-refractivity contribution in [3.05, 3.63) is 66.4 Å². The summed E-state index contributed by atoms with van der Waals surface area (Å²) in [4.78, 5) is 21.4. The van der Waals surface area contributed by atoms with Crippen molar-refractivity contribution >= 4 is 37.1 Å². The standard InChI is InChI=1S/C30H36N4O3SSi/c1-38-24-19-31-26-25(21-9-6-5-7-10-21)27(34(28(26)32-24)20-37-17-18-39(2,3)4)22-11-13-23(14-12-22)30(15-8-16-30)33-29(35)36/h5-7,9-14,19,33H,8,15-18,20H2,1-4H3,(H,35,36). The van der Waals surface area contributed by atoms with Crippen molar-refractivity contribution < 1.29 is 14.6 Å². The summed E-state index contributed by atoms with van der Waals surface area (Å²) in [7, 11) is -1.24. The van der Waals surface area contributed by atoms with Crippen LogP contribution >= 0.6 is 11.8 Å². The maximum atomic E-state index is 11.5. The van der Waals surface area contributed by atoms with Gasteiger partial charge in [0.15, 0.2) is 5.65 Å². The van der Waals surface area contributed by atoms with E-state index in [2.05, 4.69) is 65.9 Å². The van der Waals surface area contributed by atoms with Crippen LogP contribution in [0, 0.1) is 0 Å². The van der Waals surface area contributed by atoms with Gasteiger partial charge < -0.3 is 15.2 Å². The highest BCUT2D eigenvalue weighted by molar-refractivity contribution is 7.98. The fourth-order valence-electron chi connectivity index (χ4n) is 5.19. The number of amides is 1. The summed E-state index contributed by atoms with van der Waals surface area (Å²) < 4.78 is 8.44. The number of carboxylic acid groups (broad SMARTS) is 1. The first kappa shape index (κ1) is 27.4. The third kappa shape index (κ3) is 5.76. The van der Waals surface area contributed by atoms with Gasteiger partial charge in [-0.3, -0.25) is 4.57 Å². The second-order valence-electron chi connectivity index (χ2n) is 11.4. The zero-order valence-corrected chi connectivity index (χ0v) is 24.8. The Hall–Kier alpha value is -3.14. The average Bonchev–Trinajstić information content (AvgIpc) is 3.22. The van der Waals surface area contributed by atoms with E-state index in [4.69, 9.17) is 14.7 Å². The molecule has 0 aliphatic heterocycles. The van der Waals surface area contributed by atoms with Gasteiger partial charge in [0.1, 0.15) is 17.3 Å². The number of hydrogen-bond donors (Lipinski definition) is 2. The van der Waals surface area contributed by atoms with Gasteiger partial charge in [-0.2, -0.15) is 0 Å². The molecular formula is C30H36N4O3SSi. The van der Waals surface area contributed by atoms with Crippen LogP contribution in [0.5, 0.6) is 0 Å². The molecule has 4 aromatic rings. The minimum absolute atomic E-state index is 0.377. The van der Waals surface area contributed by atoms with E-state index in [9.17, 15) is 9.90 Å². The lowest BCUT2D eigenvalue weighted by atomic mass is 9.71. The van der Waals surface area contributed by atoms with Gasteiger partial charge >= 0.3 is 6.09 Å². The average molecular weight is 561 g/mol. The molecule has 2 aromatic carbocycles. The monoisotopic (exact) mass is 560 g/mol. The number of nitrogens with zero attached hydrogens (tertiary/aromatic N) is 3. The Morgan fingerprint density at radius 2 is 1.82 bits per heavy atom. The van der Waals surface area contributed by atoms with Gasteiger partial charge in [0.05, 0.1) is 17.4 Å². The quantitative estimate of drug-likeness (QED) is 0.119. The topological polar surface area (TPSA) is 89.3 Å². The third-order valence-corrected chi connectivity index (χ3v) is 9.80. The van der Waals surface area contributed by atoms with Crippen molar-refractivity contribution in [3.8, 4) is 22.4 Å². The molecule has 5 rings (SSSR count). The molecular weight excluding hydrogens is 525 g/mol. The van der Waals surface area contributed by atoms with E-state index in [1.807, 2.05) is 30.7 Å². The van der Waals surface area contributed by atoms with Crippen LogP contribution in [0.25, 0.3) is 33.5 Å². The minimum Gasteiger partial charge on any atom is -0.465 e. The molecule has 0 atom stereocenters. The fraction of sp³-hybridized carbons (Fsp3) is 0.367. The lowest BCUT2D eigenvalue weighted by Crippen LogP contribution is -2.50. The molecule has 2 N–H and O–H groups in total. The van der Waals surface area contributed by atoms with Gasteiger partial charge in [-0.15, -0.1) is 11.8 Å². The molecule has 9 heteroatoms. The Morgan fingerprint density at radius 3 is 2.41 bits per heavy atom. The second kappa shape index (κ2) is 11.2. The summed E-state index contributed by atoms with van der Waals surface area (Å²) in [6.45, 7) is 8.14. The number of aromatic nitrogens is 3. The first-order chi connectivity index (χ1) is 18.7. The molecule has 0 saturated heterocycles. The van der Waals surface area contributed by atoms with Crippen molar-refractivity contribution in [1.29, 1.82) is 0 Å². The number of carbonyl (C=O) groups is 1. The predicted octanol–water partition coefficient (Wildman–Crippen LogP) is 7.45. The highest BCUT2D eigenvalue weighted by atomic mass is 32.2. The molecule has 0 unspecified atom stereocenters. The van der Waals surface area contributed by atoms with E-state index in [1.165, 1.54) is 0 Å².